The van der Waals surface area contributed by atoms with Gasteiger partial charge in [-0.3, -0.25) is 14.5 Å². The molecular formula is C44H47F5N4O8. The van der Waals surface area contributed by atoms with Gasteiger partial charge in [-0.1, -0.05) is 78.9 Å². The lowest BCUT2D eigenvalue weighted by atomic mass is 9.96. The van der Waals surface area contributed by atoms with Gasteiger partial charge in [-0.15, -0.1) is 0 Å². The van der Waals surface area contributed by atoms with Crippen molar-refractivity contribution in [1.29, 1.82) is 0 Å². The highest BCUT2D eigenvalue weighted by Gasteiger charge is 2.43. The third-order valence-electron chi connectivity index (χ3n) is 10.2. The van der Waals surface area contributed by atoms with E-state index in [1.54, 1.807) is 70.2 Å². The first-order chi connectivity index (χ1) is 29.1. The van der Waals surface area contributed by atoms with Crippen molar-refractivity contribution in [2.75, 3.05) is 37.7 Å². The number of hydrogen-bond donors (Lipinski definition) is 2. The van der Waals surface area contributed by atoms with E-state index in [0.717, 1.165) is 39.0 Å². The topological polar surface area (TPSA) is 138 Å². The number of carbonyl (C=O) groups is 4. The van der Waals surface area contributed by atoms with Gasteiger partial charge in [-0.05, 0) is 62.4 Å². The number of carboxylic acid groups (broad SMARTS) is 1. The Morgan fingerprint density at radius 1 is 0.705 bits per heavy atom. The summed E-state index contributed by atoms with van der Waals surface area (Å²) in [5, 5.41) is 12.9. The van der Waals surface area contributed by atoms with E-state index < -0.39 is 95.7 Å². The Morgan fingerprint density at radius 3 is 1.72 bits per heavy atom. The molecule has 0 spiro atoms. The fraction of sp³-hybridized carbons (Fsp3) is 0.364. The molecule has 17 heteroatoms. The molecule has 326 valence electrons. The molecule has 61 heavy (non-hydrogen) atoms. The zero-order chi connectivity index (χ0) is 44.5. The molecular weight excluding hydrogens is 807 g/mol. The Balaban J connectivity index is 1.61. The summed E-state index contributed by atoms with van der Waals surface area (Å²) in [5.74, 6) is -15.5. The van der Waals surface area contributed by atoms with Crippen LogP contribution >= 0.6 is 0 Å². The molecule has 0 bridgehead atoms. The molecule has 5 rings (SSSR count). The molecule has 0 saturated carbocycles. The van der Waals surface area contributed by atoms with E-state index in [-0.39, 0.29) is 37.8 Å². The SMILES string of the molecule is CCOC(CN(C(=O)C(C)N(C(=O)C(CN(CC1c2ccccc2-c2ccccc21)C(=O)O)NC(=O)OCc1ccccc1)c1c(F)c(F)c(F)c(F)c1F)C(C)C)OCC. The number of ether oxygens (including phenoxy) is 3. The Hall–Kier alpha value is -6.07. The van der Waals surface area contributed by atoms with Crippen LogP contribution in [-0.2, 0) is 30.4 Å². The third kappa shape index (κ3) is 10.3. The van der Waals surface area contributed by atoms with Gasteiger partial charge in [0.25, 0.3) is 5.91 Å². The van der Waals surface area contributed by atoms with E-state index in [0.29, 0.717) is 5.56 Å². The predicted molar refractivity (Wildman–Crippen MR) is 214 cm³/mol. The number of alkyl carbamates (subject to hydrolysis) is 1. The number of nitrogens with one attached hydrogen (secondary N) is 1. The number of halogens is 5. The second-order valence-corrected chi connectivity index (χ2v) is 14.4. The van der Waals surface area contributed by atoms with Crippen LogP contribution in [0.1, 0.15) is 57.2 Å². The van der Waals surface area contributed by atoms with Crippen molar-refractivity contribution in [2.45, 2.75) is 71.6 Å². The van der Waals surface area contributed by atoms with Crippen molar-refractivity contribution >= 4 is 29.7 Å². The van der Waals surface area contributed by atoms with Crippen LogP contribution in [-0.4, -0.2) is 96.2 Å². The zero-order valence-corrected chi connectivity index (χ0v) is 34.2. The minimum atomic E-state index is -2.53. The molecule has 1 aliphatic rings. The minimum Gasteiger partial charge on any atom is -0.465 e. The van der Waals surface area contributed by atoms with Gasteiger partial charge in [0.1, 0.15) is 24.4 Å². The smallest absolute Gasteiger partial charge is 0.408 e. The van der Waals surface area contributed by atoms with E-state index >= 15 is 17.6 Å². The van der Waals surface area contributed by atoms with Gasteiger partial charge in [0.15, 0.2) is 29.6 Å². The lowest BCUT2D eigenvalue weighted by Crippen LogP contribution is -2.60. The number of carbonyl (C=O) groups excluding carboxylic acids is 3. The molecule has 0 heterocycles. The number of rotatable bonds is 18. The molecule has 1 aliphatic carbocycles. The highest BCUT2D eigenvalue weighted by Crippen LogP contribution is 2.45. The first-order valence-corrected chi connectivity index (χ1v) is 19.6. The van der Waals surface area contributed by atoms with Crippen molar-refractivity contribution in [1.82, 2.24) is 15.1 Å². The van der Waals surface area contributed by atoms with E-state index in [1.165, 1.54) is 0 Å². The van der Waals surface area contributed by atoms with Crippen molar-refractivity contribution < 1.29 is 60.4 Å². The molecule has 0 aliphatic heterocycles. The summed E-state index contributed by atoms with van der Waals surface area (Å²) in [6.07, 6.45) is -3.91. The average molecular weight is 855 g/mol. The fourth-order valence-electron chi connectivity index (χ4n) is 7.28. The Labute approximate surface area is 349 Å². The molecule has 4 aromatic carbocycles. The number of hydrogen-bond acceptors (Lipinski definition) is 7. The molecule has 12 nitrogen and oxygen atoms in total. The standard InChI is InChI=1S/C44H47F5N4O8/c1-6-59-34(60-7-2)23-52(25(3)4)41(54)26(5)53(40-38(48)36(46)35(45)37(47)39(40)49)42(55)33(50-43(56)61-24-27-15-9-8-10-16-27)22-51(44(57)58)21-32-30-19-13-11-17-28(30)29-18-12-14-20-31(29)32/h8-20,25-26,32-34H,6-7,21-24H2,1-5H3,(H,50,56)(H,57,58). The van der Waals surface area contributed by atoms with E-state index in [9.17, 15) is 28.7 Å². The van der Waals surface area contributed by atoms with Gasteiger partial charge in [0.05, 0.1) is 13.1 Å². The number of fused-ring (bicyclic) bond motifs is 3. The van der Waals surface area contributed by atoms with Gasteiger partial charge < -0.3 is 34.4 Å². The molecule has 2 atom stereocenters. The highest BCUT2D eigenvalue weighted by atomic mass is 19.2. The fourth-order valence-corrected chi connectivity index (χ4v) is 7.28. The van der Waals surface area contributed by atoms with Crippen LogP contribution < -0.4 is 10.2 Å². The first kappa shape index (κ1) is 46.0. The number of benzene rings is 4. The minimum absolute atomic E-state index is 0.0483. The summed E-state index contributed by atoms with van der Waals surface area (Å²) in [6, 6.07) is 17.9. The molecule has 0 saturated heterocycles. The van der Waals surface area contributed by atoms with Crippen LogP contribution in [0.5, 0.6) is 0 Å². The van der Waals surface area contributed by atoms with E-state index in [4.69, 9.17) is 14.2 Å². The molecule has 0 radical (unpaired) electrons. The van der Waals surface area contributed by atoms with Gasteiger partial charge in [-0.25, -0.2) is 31.5 Å². The van der Waals surface area contributed by atoms with Crippen molar-refractivity contribution in [3.63, 3.8) is 0 Å². The summed E-state index contributed by atoms with van der Waals surface area (Å²) in [4.78, 5) is 57.8. The van der Waals surface area contributed by atoms with E-state index in [1.807, 2.05) is 36.4 Å². The molecule has 2 N–H and O–H groups in total. The van der Waals surface area contributed by atoms with Crippen LogP contribution in [0.2, 0.25) is 0 Å². The molecule has 2 unspecified atom stereocenters. The van der Waals surface area contributed by atoms with Crippen LogP contribution in [0, 0.1) is 29.1 Å². The monoisotopic (exact) mass is 854 g/mol. The average Bonchev–Trinajstić information content (AvgIpc) is 3.56. The second kappa shape index (κ2) is 20.5. The van der Waals surface area contributed by atoms with Crippen LogP contribution in [0.4, 0.5) is 37.2 Å². The molecule has 4 amide bonds. The van der Waals surface area contributed by atoms with Crippen LogP contribution in [0.25, 0.3) is 11.1 Å². The van der Waals surface area contributed by atoms with Crippen LogP contribution in [0.3, 0.4) is 0 Å². The number of nitrogens with zero attached hydrogens (tertiary/aromatic N) is 3. The van der Waals surface area contributed by atoms with Crippen molar-refractivity contribution in [3.8, 4) is 11.1 Å². The summed E-state index contributed by atoms with van der Waals surface area (Å²) >= 11 is 0. The first-order valence-electron chi connectivity index (χ1n) is 19.6. The number of anilines is 1. The third-order valence-corrected chi connectivity index (χ3v) is 10.2. The van der Waals surface area contributed by atoms with Gasteiger partial charge in [0, 0.05) is 31.7 Å². The highest BCUT2D eigenvalue weighted by molar-refractivity contribution is 6.04. The quantitative estimate of drug-likeness (QED) is 0.0448. The van der Waals surface area contributed by atoms with Gasteiger partial charge >= 0.3 is 12.2 Å². The van der Waals surface area contributed by atoms with Gasteiger partial charge in [-0.2, -0.15) is 0 Å². The Kier molecular flexibility index (Phi) is 15.4. The van der Waals surface area contributed by atoms with Crippen molar-refractivity contribution in [2.24, 2.45) is 0 Å². The lowest BCUT2D eigenvalue weighted by molar-refractivity contribution is -0.162. The molecule has 0 aromatic heterocycles. The maximum absolute atomic E-state index is 15.9. The summed E-state index contributed by atoms with van der Waals surface area (Å²) < 4.78 is 92.7. The largest absolute Gasteiger partial charge is 0.465 e. The zero-order valence-electron chi connectivity index (χ0n) is 34.2. The van der Waals surface area contributed by atoms with E-state index in [2.05, 4.69) is 5.32 Å². The Morgan fingerprint density at radius 2 is 1.21 bits per heavy atom. The van der Waals surface area contributed by atoms with Gasteiger partial charge in [0.2, 0.25) is 11.7 Å². The number of amides is 4. The Bertz CT molecular complexity index is 2130. The summed E-state index contributed by atoms with van der Waals surface area (Å²) in [6.45, 7) is 5.90. The van der Waals surface area contributed by atoms with Crippen molar-refractivity contribution in [3.05, 3.63) is 125 Å². The van der Waals surface area contributed by atoms with Crippen LogP contribution in [0.15, 0.2) is 78.9 Å². The maximum atomic E-state index is 15.9. The normalized spacial score (nSPS) is 13.0. The summed E-state index contributed by atoms with van der Waals surface area (Å²) in [5.41, 5.74) is 1.88. The summed E-state index contributed by atoms with van der Waals surface area (Å²) in [7, 11) is 0. The second-order valence-electron chi connectivity index (χ2n) is 14.4. The molecule has 0 fully saturated rings. The lowest BCUT2D eigenvalue weighted by Gasteiger charge is -2.38. The maximum Gasteiger partial charge on any atom is 0.408 e. The predicted octanol–water partition coefficient (Wildman–Crippen LogP) is 7.83. The molecule has 4 aromatic rings.